The number of halogens is 1. The van der Waals surface area contributed by atoms with Crippen molar-refractivity contribution >= 4 is 23.4 Å². The number of hydrogen-bond donors (Lipinski definition) is 1. The summed E-state index contributed by atoms with van der Waals surface area (Å²) >= 11 is 8.11. The molecule has 1 aromatic rings. The topological polar surface area (TPSA) is 12.0 Å². The van der Waals surface area contributed by atoms with Crippen molar-refractivity contribution in [1.82, 2.24) is 5.32 Å². The van der Waals surface area contributed by atoms with Gasteiger partial charge in [-0.15, -0.1) is 11.8 Å². The first kappa shape index (κ1) is 15.2. The first-order valence-electron chi connectivity index (χ1n) is 7.42. The zero-order valence-electron chi connectivity index (χ0n) is 11.9. The number of benzene rings is 1. The van der Waals surface area contributed by atoms with E-state index in [1.165, 1.54) is 48.3 Å². The van der Waals surface area contributed by atoms with Crippen molar-refractivity contribution in [3.8, 4) is 0 Å². The molecule has 1 aliphatic rings. The second-order valence-corrected chi connectivity index (χ2v) is 6.86. The third-order valence-electron chi connectivity index (χ3n) is 3.85. The Bertz CT molecular complexity index is 408. The second-order valence-electron chi connectivity index (χ2n) is 5.29. The molecular formula is C16H24ClNS. The molecule has 0 aromatic heterocycles. The molecule has 0 fully saturated rings. The Hall–Kier alpha value is -0.180. The molecule has 3 heteroatoms. The van der Waals surface area contributed by atoms with E-state index in [4.69, 9.17) is 11.6 Å². The smallest absolute Gasteiger partial charge is 0.0410 e. The molecule has 2 rings (SSSR count). The van der Waals surface area contributed by atoms with Gasteiger partial charge < -0.3 is 5.32 Å². The van der Waals surface area contributed by atoms with Crippen molar-refractivity contribution in [3.63, 3.8) is 0 Å². The van der Waals surface area contributed by atoms with Crippen LogP contribution in [0.1, 0.15) is 57.6 Å². The summed E-state index contributed by atoms with van der Waals surface area (Å²) in [6.07, 6.45) is 6.29. The van der Waals surface area contributed by atoms with Gasteiger partial charge in [-0.25, -0.2) is 0 Å². The average Bonchev–Trinajstić information content (AvgIpc) is 2.43. The van der Waals surface area contributed by atoms with E-state index < -0.39 is 0 Å². The maximum atomic E-state index is 6.16. The summed E-state index contributed by atoms with van der Waals surface area (Å²) in [5, 5.41) is 4.71. The highest BCUT2D eigenvalue weighted by atomic mass is 35.5. The Labute approximate surface area is 126 Å². The van der Waals surface area contributed by atoms with Gasteiger partial charge in [0.05, 0.1) is 0 Å². The van der Waals surface area contributed by atoms with Crippen LogP contribution in [0.5, 0.6) is 0 Å². The summed E-state index contributed by atoms with van der Waals surface area (Å²) < 4.78 is 0. The minimum Gasteiger partial charge on any atom is -0.307 e. The molecule has 1 nitrogen and oxygen atoms in total. The molecule has 0 spiro atoms. The summed E-state index contributed by atoms with van der Waals surface area (Å²) in [6, 6.07) is 7.44. The van der Waals surface area contributed by atoms with Crippen molar-refractivity contribution in [2.24, 2.45) is 0 Å². The van der Waals surface area contributed by atoms with Gasteiger partial charge in [0, 0.05) is 22.0 Å². The number of nitrogens with one attached hydrogen (secondary N) is 1. The van der Waals surface area contributed by atoms with E-state index in [1.54, 1.807) is 0 Å². The van der Waals surface area contributed by atoms with Crippen LogP contribution < -0.4 is 5.32 Å². The maximum Gasteiger partial charge on any atom is 0.0410 e. The molecular weight excluding hydrogens is 274 g/mol. The number of rotatable bonds is 6. The number of hydrogen-bond acceptors (Lipinski definition) is 2. The van der Waals surface area contributed by atoms with Crippen LogP contribution in [0.4, 0.5) is 0 Å². The number of fused-ring (bicyclic) bond motifs is 1. The molecule has 2 atom stereocenters. The molecule has 1 N–H and O–H groups in total. The standard InChI is InChI=1S/C16H24ClNS/c1-3-5-6-13(4-2)18-15-9-10-19-16-8-7-12(17)11-14(15)16/h7-8,11,13,15,18H,3-6,9-10H2,1-2H3. The van der Waals surface area contributed by atoms with Crippen molar-refractivity contribution in [3.05, 3.63) is 28.8 Å². The van der Waals surface area contributed by atoms with Crippen LogP contribution in [-0.4, -0.2) is 11.8 Å². The minimum atomic E-state index is 0.483. The van der Waals surface area contributed by atoms with Crippen LogP contribution in [0.25, 0.3) is 0 Å². The van der Waals surface area contributed by atoms with E-state index in [0.717, 1.165) is 5.02 Å². The fourth-order valence-electron chi connectivity index (χ4n) is 2.68. The molecule has 2 unspecified atom stereocenters. The maximum absolute atomic E-state index is 6.16. The SMILES string of the molecule is CCCCC(CC)NC1CCSc2ccc(Cl)cc21. The summed E-state index contributed by atoms with van der Waals surface area (Å²) in [5.41, 5.74) is 1.40. The van der Waals surface area contributed by atoms with Gasteiger partial charge in [-0.2, -0.15) is 0 Å². The first-order valence-corrected chi connectivity index (χ1v) is 8.79. The lowest BCUT2D eigenvalue weighted by atomic mass is 10.00. The zero-order valence-corrected chi connectivity index (χ0v) is 13.5. The van der Waals surface area contributed by atoms with E-state index in [2.05, 4.69) is 31.3 Å². The fourth-order valence-corrected chi connectivity index (χ4v) is 3.96. The van der Waals surface area contributed by atoms with Gasteiger partial charge in [0.1, 0.15) is 0 Å². The lowest BCUT2D eigenvalue weighted by Crippen LogP contribution is -2.34. The molecule has 0 aliphatic carbocycles. The monoisotopic (exact) mass is 297 g/mol. The zero-order chi connectivity index (χ0) is 13.7. The summed E-state index contributed by atoms with van der Waals surface area (Å²) in [5.74, 6) is 1.20. The molecule has 19 heavy (non-hydrogen) atoms. The Balaban J connectivity index is 2.07. The highest BCUT2D eigenvalue weighted by molar-refractivity contribution is 7.99. The predicted molar refractivity (Wildman–Crippen MR) is 86.3 cm³/mol. The molecule has 0 amide bonds. The van der Waals surface area contributed by atoms with Gasteiger partial charge in [-0.1, -0.05) is 38.3 Å². The Morgan fingerprint density at radius 1 is 1.42 bits per heavy atom. The summed E-state index contributed by atoms with van der Waals surface area (Å²) in [4.78, 5) is 1.40. The van der Waals surface area contributed by atoms with Crippen LogP contribution in [0.3, 0.4) is 0 Å². The Kier molecular flexibility index (Phi) is 6.06. The average molecular weight is 298 g/mol. The summed E-state index contributed by atoms with van der Waals surface area (Å²) in [7, 11) is 0. The molecule has 0 bridgehead atoms. The van der Waals surface area contributed by atoms with E-state index in [0.29, 0.717) is 12.1 Å². The van der Waals surface area contributed by atoms with E-state index in [-0.39, 0.29) is 0 Å². The van der Waals surface area contributed by atoms with Gasteiger partial charge in [-0.3, -0.25) is 0 Å². The van der Waals surface area contributed by atoms with Crippen LogP contribution in [-0.2, 0) is 0 Å². The largest absolute Gasteiger partial charge is 0.307 e. The molecule has 0 radical (unpaired) electrons. The van der Waals surface area contributed by atoms with Gasteiger partial charge in [-0.05, 0) is 48.8 Å². The first-order chi connectivity index (χ1) is 9.24. The molecule has 1 aliphatic heterocycles. The second kappa shape index (κ2) is 7.56. The normalized spacial score (nSPS) is 20.1. The fraction of sp³-hybridized carbons (Fsp3) is 0.625. The third-order valence-corrected chi connectivity index (χ3v) is 5.20. The lowest BCUT2D eigenvalue weighted by molar-refractivity contribution is 0.385. The number of unbranched alkanes of at least 4 members (excludes halogenated alkanes) is 1. The van der Waals surface area contributed by atoms with E-state index in [1.807, 2.05) is 17.8 Å². The van der Waals surface area contributed by atoms with Gasteiger partial charge in [0.2, 0.25) is 0 Å². The minimum absolute atomic E-state index is 0.483. The van der Waals surface area contributed by atoms with Crippen molar-refractivity contribution < 1.29 is 0 Å². The highest BCUT2D eigenvalue weighted by Gasteiger charge is 2.22. The lowest BCUT2D eigenvalue weighted by Gasteiger charge is -2.30. The molecule has 0 saturated carbocycles. The Morgan fingerprint density at radius 2 is 2.26 bits per heavy atom. The van der Waals surface area contributed by atoms with Gasteiger partial charge >= 0.3 is 0 Å². The van der Waals surface area contributed by atoms with Crippen LogP contribution in [0.15, 0.2) is 23.1 Å². The number of thioether (sulfide) groups is 1. The molecule has 0 saturated heterocycles. The van der Waals surface area contributed by atoms with Crippen molar-refractivity contribution in [2.75, 3.05) is 5.75 Å². The predicted octanol–water partition coefficient (Wildman–Crippen LogP) is 5.44. The van der Waals surface area contributed by atoms with Gasteiger partial charge in [0.15, 0.2) is 0 Å². The van der Waals surface area contributed by atoms with Crippen LogP contribution >= 0.6 is 23.4 Å². The van der Waals surface area contributed by atoms with Crippen molar-refractivity contribution in [1.29, 1.82) is 0 Å². The quantitative estimate of drug-likeness (QED) is 0.751. The van der Waals surface area contributed by atoms with E-state index in [9.17, 15) is 0 Å². The Morgan fingerprint density at radius 3 is 3.00 bits per heavy atom. The van der Waals surface area contributed by atoms with Gasteiger partial charge in [0.25, 0.3) is 0 Å². The van der Waals surface area contributed by atoms with Crippen LogP contribution in [0.2, 0.25) is 5.02 Å². The molecule has 1 aromatic carbocycles. The molecule has 106 valence electrons. The molecule has 1 heterocycles. The third kappa shape index (κ3) is 4.14. The van der Waals surface area contributed by atoms with Crippen LogP contribution in [0, 0.1) is 0 Å². The summed E-state index contributed by atoms with van der Waals surface area (Å²) in [6.45, 7) is 4.54. The van der Waals surface area contributed by atoms with E-state index >= 15 is 0 Å². The highest BCUT2D eigenvalue weighted by Crippen LogP contribution is 2.38. The van der Waals surface area contributed by atoms with Crippen molar-refractivity contribution in [2.45, 2.75) is 62.9 Å².